The zero-order valence-electron chi connectivity index (χ0n) is 16.8. The van der Waals surface area contributed by atoms with Crippen molar-refractivity contribution in [2.45, 2.75) is 66.2 Å². The minimum Gasteiger partial charge on any atom is -0.507 e. The van der Waals surface area contributed by atoms with Crippen LogP contribution in [0.5, 0.6) is 11.5 Å². The molecule has 0 aromatic heterocycles. The third kappa shape index (κ3) is 3.68. The highest BCUT2D eigenvalue weighted by atomic mass is 79.9. The quantitative estimate of drug-likeness (QED) is 0.440. The molecule has 4 heteroatoms. The van der Waals surface area contributed by atoms with Crippen molar-refractivity contribution in [3.05, 3.63) is 43.3 Å². The lowest BCUT2D eigenvalue weighted by Gasteiger charge is -2.30. The molecule has 0 bridgehead atoms. The van der Waals surface area contributed by atoms with Crippen molar-refractivity contribution in [3.63, 3.8) is 0 Å². The largest absolute Gasteiger partial charge is 0.507 e. The van der Waals surface area contributed by atoms with Crippen molar-refractivity contribution in [1.82, 2.24) is 0 Å². The number of rotatable bonds is 1. The molecule has 0 amide bonds. The molecule has 0 saturated carbocycles. The van der Waals surface area contributed by atoms with E-state index in [0.717, 1.165) is 42.3 Å². The van der Waals surface area contributed by atoms with Crippen molar-refractivity contribution in [3.8, 4) is 22.6 Å². The van der Waals surface area contributed by atoms with Gasteiger partial charge in [-0.15, -0.1) is 0 Å². The molecular weight excluding hydrogens is 456 g/mol. The van der Waals surface area contributed by atoms with Gasteiger partial charge in [-0.2, -0.15) is 0 Å². The SMILES string of the molecule is Cc1c(Br)cc(C(C)(C)C)c(-c2c(C(C)(C)C)cc(Br)c(C)c2O)c1O. The molecule has 0 aliphatic rings. The molecule has 2 nitrogen and oxygen atoms in total. The molecule has 0 fully saturated rings. The number of aromatic hydroxyl groups is 2. The van der Waals surface area contributed by atoms with Crippen LogP contribution in [0.15, 0.2) is 21.1 Å². The van der Waals surface area contributed by atoms with Gasteiger partial charge in [-0.3, -0.25) is 0 Å². The Bertz CT molecular complexity index is 796. The van der Waals surface area contributed by atoms with E-state index in [1.54, 1.807) is 0 Å². The summed E-state index contributed by atoms with van der Waals surface area (Å²) in [6.07, 6.45) is 0. The molecule has 2 aromatic carbocycles. The van der Waals surface area contributed by atoms with Gasteiger partial charge >= 0.3 is 0 Å². The van der Waals surface area contributed by atoms with Crippen LogP contribution in [0.3, 0.4) is 0 Å². The first-order chi connectivity index (χ1) is 11.7. The van der Waals surface area contributed by atoms with E-state index in [2.05, 4.69) is 85.5 Å². The highest BCUT2D eigenvalue weighted by Gasteiger charge is 2.31. The van der Waals surface area contributed by atoms with Crippen LogP contribution in [-0.4, -0.2) is 10.2 Å². The van der Waals surface area contributed by atoms with E-state index in [9.17, 15) is 10.2 Å². The predicted molar refractivity (Wildman–Crippen MR) is 117 cm³/mol. The molecule has 2 N–H and O–H groups in total. The molecule has 0 radical (unpaired) electrons. The minimum atomic E-state index is -0.203. The van der Waals surface area contributed by atoms with E-state index < -0.39 is 0 Å². The Morgan fingerprint density at radius 1 is 0.654 bits per heavy atom. The summed E-state index contributed by atoms with van der Waals surface area (Å²) in [6, 6.07) is 4.13. The predicted octanol–water partition coefficient (Wildman–Crippen LogP) is 7.50. The molecular formula is C22H28Br2O2. The van der Waals surface area contributed by atoms with Crippen LogP contribution in [0.2, 0.25) is 0 Å². The van der Waals surface area contributed by atoms with E-state index in [-0.39, 0.29) is 22.3 Å². The van der Waals surface area contributed by atoms with Crippen LogP contribution in [0.4, 0.5) is 0 Å². The monoisotopic (exact) mass is 482 g/mol. The van der Waals surface area contributed by atoms with Crippen LogP contribution in [0.1, 0.15) is 63.8 Å². The first-order valence-corrected chi connectivity index (χ1v) is 10.3. The fraction of sp³-hybridized carbons (Fsp3) is 0.455. The Kier molecular flexibility index (Phi) is 5.63. The fourth-order valence-corrected chi connectivity index (χ4v) is 3.99. The summed E-state index contributed by atoms with van der Waals surface area (Å²) in [5.41, 5.74) is 4.56. The van der Waals surface area contributed by atoms with Crippen LogP contribution in [0.25, 0.3) is 11.1 Å². The number of phenols is 2. The normalized spacial score (nSPS) is 12.5. The molecule has 0 unspecified atom stereocenters. The maximum Gasteiger partial charge on any atom is 0.127 e. The molecule has 26 heavy (non-hydrogen) atoms. The lowest BCUT2D eigenvalue weighted by molar-refractivity contribution is 0.458. The van der Waals surface area contributed by atoms with E-state index >= 15 is 0 Å². The van der Waals surface area contributed by atoms with Gasteiger partial charge in [0, 0.05) is 31.2 Å². The fourth-order valence-electron chi connectivity index (χ4n) is 3.16. The summed E-state index contributed by atoms with van der Waals surface area (Å²) in [4.78, 5) is 0. The van der Waals surface area contributed by atoms with E-state index in [1.165, 1.54) is 0 Å². The maximum atomic E-state index is 11.1. The van der Waals surface area contributed by atoms with Crippen molar-refractivity contribution in [1.29, 1.82) is 0 Å². The Labute approximate surface area is 173 Å². The highest BCUT2D eigenvalue weighted by molar-refractivity contribution is 9.10. The Morgan fingerprint density at radius 2 is 0.923 bits per heavy atom. The van der Waals surface area contributed by atoms with Gasteiger partial charge in [0.05, 0.1) is 0 Å². The van der Waals surface area contributed by atoms with Crippen LogP contribution in [0, 0.1) is 13.8 Å². The second-order valence-corrected chi connectivity index (χ2v) is 10.7. The van der Waals surface area contributed by atoms with Gasteiger partial charge in [-0.25, -0.2) is 0 Å². The smallest absolute Gasteiger partial charge is 0.127 e. The minimum absolute atomic E-state index is 0.203. The summed E-state index contributed by atoms with van der Waals surface area (Å²) < 4.78 is 1.74. The zero-order chi connectivity index (χ0) is 20.2. The van der Waals surface area contributed by atoms with Crippen LogP contribution in [-0.2, 0) is 10.8 Å². The summed E-state index contributed by atoms with van der Waals surface area (Å²) in [5.74, 6) is 0.429. The summed E-state index contributed by atoms with van der Waals surface area (Å²) >= 11 is 7.14. The van der Waals surface area contributed by atoms with E-state index in [0.29, 0.717) is 0 Å². The maximum absolute atomic E-state index is 11.1. The molecule has 0 aliphatic carbocycles. The second kappa shape index (κ2) is 6.87. The van der Waals surface area contributed by atoms with Gasteiger partial charge in [-0.1, -0.05) is 73.4 Å². The second-order valence-electron chi connectivity index (χ2n) is 9.01. The third-order valence-electron chi connectivity index (χ3n) is 4.85. The molecule has 0 atom stereocenters. The molecule has 142 valence electrons. The Balaban J connectivity index is 3.12. The lowest BCUT2D eigenvalue weighted by atomic mass is 9.75. The molecule has 2 aromatic rings. The topological polar surface area (TPSA) is 40.5 Å². The number of hydrogen-bond acceptors (Lipinski definition) is 2. The van der Waals surface area contributed by atoms with Gasteiger partial charge < -0.3 is 10.2 Å². The number of phenolic OH excluding ortho intramolecular Hbond substituents is 2. The summed E-state index contributed by atoms with van der Waals surface area (Å²) in [6.45, 7) is 16.5. The van der Waals surface area contributed by atoms with E-state index in [4.69, 9.17) is 0 Å². The van der Waals surface area contributed by atoms with Crippen LogP contribution < -0.4 is 0 Å². The first-order valence-electron chi connectivity index (χ1n) is 8.73. The Morgan fingerprint density at radius 3 is 1.15 bits per heavy atom. The van der Waals surface area contributed by atoms with Crippen LogP contribution >= 0.6 is 31.9 Å². The van der Waals surface area contributed by atoms with Crippen molar-refractivity contribution >= 4 is 31.9 Å². The first kappa shape index (κ1) is 21.3. The average Bonchev–Trinajstić information content (AvgIpc) is 2.49. The molecule has 0 heterocycles. The number of benzene rings is 2. The van der Waals surface area contributed by atoms with Crippen molar-refractivity contribution < 1.29 is 10.2 Å². The molecule has 2 rings (SSSR count). The van der Waals surface area contributed by atoms with E-state index in [1.807, 2.05) is 13.8 Å². The molecule has 0 aliphatic heterocycles. The average molecular weight is 484 g/mol. The van der Waals surface area contributed by atoms with Gasteiger partial charge in [-0.05, 0) is 47.9 Å². The standard InChI is InChI=1S/C22H28Br2O2/c1-11-15(23)9-13(21(3,4)5)17(19(11)25)18-14(22(6,7)8)10-16(24)12(2)20(18)26/h9-10,25-26H,1-8H3. The zero-order valence-corrected chi connectivity index (χ0v) is 20.0. The molecule has 0 saturated heterocycles. The molecule has 0 spiro atoms. The third-order valence-corrected chi connectivity index (χ3v) is 6.49. The van der Waals surface area contributed by atoms with Gasteiger partial charge in [0.15, 0.2) is 0 Å². The van der Waals surface area contributed by atoms with Gasteiger partial charge in [0.1, 0.15) is 11.5 Å². The number of halogens is 2. The lowest BCUT2D eigenvalue weighted by Crippen LogP contribution is -2.17. The van der Waals surface area contributed by atoms with Gasteiger partial charge in [0.25, 0.3) is 0 Å². The van der Waals surface area contributed by atoms with Crippen molar-refractivity contribution in [2.75, 3.05) is 0 Å². The highest BCUT2D eigenvalue weighted by Crippen LogP contribution is 2.51. The summed E-state index contributed by atoms with van der Waals surface area (Å²) in [5, 5.41) is 22.2. The Hall–Kier alpha value is -1.00. The van der Waals surface area contributed by atoms with Gasteiger partial charge in [0.2, 0.25) is 0 Å². The van der Waals surface area contributed by atoms with Crippen molar-refractivity contribution in [2.24, 2.45) is 0 Å². The summed E-state index contributed by atoms with van der Waals surface area (Å²) in [7, 11) is 0. The number of hydrogen-bond donors (Lipinski definition) is 2.